The number of hydrogen-bond acceptors (Lipinski definition) is 2. The van der Waals surface area contributed by atoms with Crippen LogP contribution in [-0.4, -0.2) is 18.4 Å². The van der Waals surface area contributed by atoms with Crippen LogP contribution in [0.4, 0.5) is 5.69 Å². The van der Waals surface area contributed by atoms with Crippen molar-refractivity contribution in [1.29, 1.82) is 0 Å². The topological polar surface area (TPSA) is 58.2 Å². The van der Waals surface area contributed by atoms with E-state index in [1.807, 2.05) is 43.3 Å². The van der Waals surface area contributed by atoms with Crippen molar-refractivity contribution in [1.82, 2.24) is 5.32 Å². The van der Waals surface area contributed by atoms with Gasteiger partial charge in [0.1, 0.15) is 0 Å². The third-order valence-electron chi connectivity index (χ3n) is 3.62. The molecule has 23 heavy (non-hydrogen) atoms. The zero-order valence-corrected chi connectivity index (χ0v) is 13.3. The van der Waals surface area contributed by atoms with Crippen LogP contribution in [0, 0.1) is 6.92 Å². The highest BCUT2D eigenvalue weighted by Crippen LogP contribution is 2.12. The predicted octanol–water partition coefficient (Wildman–Crippen LogP) is 3.07. The fraction of sp³-hybridized carbons (Fsp3) is 0.263. The number of rotatable bonds is 6. The lowest BCUT2D eigenvalue weighted by Crippen LogP contribution is -2.36. The van der Waals surface area contributed by atoms with Crippen LogP contribution in [0.25, 0.3) is 0 Å². The first-order valence-electron chi connectivity index (χ1n) is 7.85. The number of aryl methyl sites for hydroxylation is 2. The number of nitrogens with one attached hydrogen (secondary N) is 2. The van der Waals surface area contributed by atoms with Gasteiger partial charge in [0, 0.05) is 12.2 Å². The molecular formula is C19H22N2O2. The first-order chi connectivity index (χ1) is 11.2. The first-order valence-corrected chi connectivity index (χ1v) is 7.85. The Morgan fingerprint density at radius 1 is 0.870 bits per heavy atom. The monoisotopic (exact) mass is 310 g/mol. The fourth-order valence-corrected chi connectivity index (χ4v) is 2.27. The normalized spacial score (nSPS) is 10.1. The molecule has 0 aromatic heterocycles. The molecule has 2 aromatic rings. The van der Waals surface area contributed by atoms with E-state index in [4.69, 9.17) is 0 Å². The quantitative estimate of drug-likeness (QED) is 0.636. The van der Waals surface area contributed by atoms with E-state index < -0.39 is 11.8 Å². The lowest BCUT2D eigenvalue weighted by molar-refractivity contribution is -0.136. The summed E-state index contributed by atoms with van der Waals surface area (Å²) in [6.07, 6.45) is 2.80. The summed E-state index contributed by atoms with van der Waals surface area (Å²) in [4.78, 5) is 23.6. The molecule has 2 rings (SSSR count). The SMILES string of the molecule is Cc1ccccc1NC(=O)C(=O)NCCCCc1ccccc1. The second-order valence-corrected chi connectivity index (χ2v) is 5.47. The van der Waals surface area contributed by atoms with Crippen molar-refractivity contribution >= 4 is 17.5 Å². The molecule has 2 N–H and O–H groups in total. The molecule has 4 heteroatoms. The number of anilines is 1. The van der Waals surface area contributed by atoms with Gasteiger partial charge >= 0.3 is 11.8 Å². The van der Waals surface area contributed by atoms with Crippen LogP contribution in [0.3, 0.4) is 0 Å². The van der Waals surface area contributed by atoms with E-state index in [1.54, 1.807) is 6.07 Å². The van der Waals surface area contributed by atoms with Crippen LogP contribution >= 0.6 is 0 Å². The summed E-state index contributed by atoms with van der Waals surface area (Å²) in [5.41, 5.74) is 2.88. The maximum absolute atomic E-state index is 11.8. The van der Waals surface area contributed by atoms with Crippen LogP contribution < -0.4 is 10.6 Å². The lowest BCUT2D eigenvalue weighted by Gasteiger charge is -2.08. The number of carbonyl (C=O) groups excluding carboxylic acids is 2. The molecule has 2 amide bonds. The van der Waals surface area contributed by atoms with Crippen molar-refractivity contribution in [2.45, 2.75) is 26.2 Å². The Morgan fingerprint density at radius 3 is 2.30 bits per heavy atom. The Bertz CT molecular complexity index is 653. The molecule has 0 heterocycles. The van der Waals surface area contributed by atoms with Gasteiger partial charge in [0.2, 0.25) is 0 Å². The molecule has 2 aromatic carbocycles. The van der Waals surface area contributed by atoms with Gasteiger partial charge in [-0.25, -0.2) is 0 Å². The second kappa shape index (κ2) is 8.73. The van der Waals surface area contributed by atoms with Gasteiger partial charge in [0.25, 0.3) is 0 Å². The van der Waals surface area contributed by atoms with Crippen LogP contribution in [0.1, 0.15) is 24.0 Å². The minimum absolute atomic E-state index is 0.507. The molecule has 0 aliphatic heterocycles. The maximum Gasteiger partial charge on any atom is 0.313 e. The molecule has 0 atom stereocenters. The Morgan fingerprint density at radius 2 is 1.57 bits per heavy atom. The van der Waals surface area contributed by atoms with Crippen molar-refractivity contribution in [3.05, 3.63) is 65.7 Å². The lowest BCUT2D eigenvalue weighted by atomic mass is 10.1. The van der Waals surface area contributed by atoms with Gasteiger partial charge in [-0.05, 0) is 43.4 Å². The number of amides is 2. The molecular weight excluding hydrogens is 288 g/mol. The summed E-state index contributed by atoms with van der Waals surface area (Å²) < 4.78 is 0. The van der Waals surface area contributed by atoms with Crippen molar-refractivity contribution in [3.63, 3.8) is 0 Å². The van der Waals surface area contributed by atoms with E-state index in [1.165, 1.54) is 5.56 Å². The summed E-state index contributed by atoms with van der Waals surface area (Å²) in [5.74, 6) is -1.21. The highest BCUT2D eigenvalue weighted by molar-refractivity contribution is 6.39. The summed E-state index contributed by atoms with van der Waals surface area (Å²) in [6.45, 7) is 2.39. The molecule has 0 bridgehead atoms. The van der Waals surface area contributed by atoms with E-state index in [9.17, 15) is 9.59 Å². The minimum atomic E-state index is -0.623. The number of unbranched alkanes of at least 4 members (excludes halogenated alkanes) is 1. The van der Waals surface area contributed by atoms with E-state index in [-0.39, 0.29) is 0 Å². The predicted molar refractivity (Wildman–Crippen MR) is 92.2 cm³/mol. The number of para-hydroxylation sites is 1. The van der Waals surface area contributed by atoms with E-state index in [2.05, 4.69) is 22.8 Å². The first kappa shape index (κ1) is 16.7. The molecule has 0 aliphatic carbocycles. The number of carbonyl (C=O) groups is 2. The number of benzene rings is 2. The average Bonchev–Trinajstić information content (AvgIpc) is 2.57. The molecule has 0 radical (unpaired) electrons. The summed E-state index contributed by atoms with van der Waals surface area (Å²) in [5, 5.41) is 5.28. The van der Waals surface area contributed by atoms with E-state index >= 15 is 0 Å². The van der Waals surface area contributed by atoms with Crippen molar-refractivity contribution in [2.75, 3.05) is 11.9 Å². The van der Waals surface area contributed by atoms with Gasteiger partial charge in [0.15, 0.2) is 0 Å². The highest BCUT2D eigenvalue weighted by atomic mass is 16.2. The van der Waals surface area contributed by atoms with Gasteiger partial charge in [-0.15, -0.1) is 0 Å². The standard InChI is InChI=1S/C19H22N2O2/c1-15-9-5-6-13-17(15)21-19(23)18(22)20-14-8-7-12-16-10-3-2-4-11-16/h2-6,9-11,13H,7-8,12,14H2,1H3,(H,20,22)(H,21,23). The zero-order valence-electron chi connectivity index (χ0n) is 13.3. The smallest absolute Gasteiger partial charge is 0.313 e. The Balaban J connectivity index is 1.66. The molecule has 0 spiro atoms. The van der Waals surface area contributed by atoms with Gasteiger partial charge in [-0.2, -0.15) is 0 Å². The van der Waals surface area contributed by atoms with Crippen LogP contribution in [-0.2, 0) is 16.0 Å². The summed E-state index contributed by atoms with van der Waals surface area (Å²) >= 11 is 0. The van der Waals surface area contributed by atoms with Crippen molar-refractivity contribution in [3.8, 4) is 0 Å². The van der Waals surface area contributed by atoms with Crippen LogP contribution in [0.15, 0.2) is 54.6 Å². The Labute approximate surface area is 136 Å². The third-order valence-corrected chi connectivity index (χ3v) is 3.62. The maximum atomic E-state index is 11.8. The van der Waals surface area contributed by atoms with Crippen molar-refractivity contribution in [2.24, 2.45) is 0 Å². The molecule has 0 aliphatic rings. The van der Waals surface area contributed by atoms with Gasteiger partial charge < -0.3 is 10.6 Å². The van der Waals surface area contributed by atoms with Crippen molar-refractivity contribution < 1.29 is 9.59 Å². The highest BCUT2D eigenvalue weighted by Gasteiger charge is 2.13. The third kappa shape index (κ3) is 5.58. The molecule has 4 nitrogen and oxygen atoms in total. The Hall–Kier alpha value is -2.62. The van der Waals surface area contributed by atoms with Crippen LogP contribution in [0.2, 0.25) is 0 Å². The van der Waals surface area contributed by atoms with Gasteiger partial charge in [-0.3, -0.25) is 9.59 Å². The average molecular weight is 310 g/mol. The van der Waals surface area contributed by atoms with Crippen LogP contribution in [0.5, 0.6) is 0 Å². The van der Waals surface area contributed by atoms with E-state index in [0.29, 0.717) is 12.2 Å². The minimum Gasteiger partial charge on any atom is -0.348 e. The summed E-state index contributed by atoms with van der Waals surface area (Å²) in [6, 6.07) is 17.6. The molecule has 0 fully saturated rings. The number of hydrogen-bond donors (Lipinski definition) is 2. The molecule has 120 valence electrons. The second-order valence-electron chi connectivity index (χ2n) is 5.47. The fourth-order valence-electron chi connectivity index (χ4n) is 2.27. The molecule has 0 saturated heterocycles. The van der Waals surface area contributed by atoms with Gasteiger partial charge in [0.05, 0.1) is 0 Å². The van der Waals surface area contributed by atoms with E-state index in [0.717, 1.165) is 24.8 Å². The van der Waals surface area contributed by atoms with Gasteiger partial charge in [-0.1, -0.05) is 48.5 Å². The molecule has 0 saturated carbocycles. The zero-order chi connectivity index (χ0) is 16.5. The summed E-state index contributed by atoms with van der Waals surface area (Å²) in [7, 11) is 0. The Kier molecular flexibility index (Phi) is 6.36. The molecule has 0 unspecified atom stereocenters. The largest absolute Gasteiger partial charge is 0.348 e.